The summed E-state index contributed by atoms with van der Waals surface area (Å²) in [5, 5.41) is 8.87. The Kier molecular flexibility index (Phi) is 4.06. The fourth-order valence-electron chi connectivity index (χ4n) is 3.16. The number of rotatable bonds is 5. The lowest BCUT2D eigenvalue weighted by molar-refractivity contribution is -0.139. The smallest absolute Gasteiger partial charge is 0.305 e. The van der Waals surface area contributed by atoms with E-state index in [-0.39, 0.29) is 24.8 Å². The Hall–Kier alpha value is -2.02. The van der Waals surface area contributed by atoms with Crippen LogP contribution in [-0.2, 0) is 14.4 Å². The van der Waals surface area contributed by atoms with Crippen LogP contribution < -0.4 is 4.90 Å². The number of hydrogen-bond acceptors (Lipinski definition) is 4. The van der Waals surface area contributed by atoms with E-state index < -0.39 is 10.8 Å². The topological polar surface area (TPSA) is 77.9 Å². The molecule has 1 N–H and O–H groups in total. The van der Waals surface area contributed by atoms with Gasteiger partial charge < -0.3 is 10.0 Å². The van der Waals surface area contributed by atoms with Crippen molar-refractivity contribution in [1.82, 2.24) is 4.90 Å². The highest BCUT2D eigenvalue weighted by molar-refractivity contribution is 8.02. The number of fused-ring (bicyclic) bond motifs is 3. The van der Waals surface area contributed by atoms with Crippen LogP contribution in [-0.4, -0.2) is 45.8 Å². The minimum absolute atomic E-state index is 0.0508. The van der Waals surface area contributed by atoms with Crippen molar-refractivity contribution in [3.63, 3.8) is 0 Å². The molecule has 2 aliphatic rings. The summed E-state index contributed by atoms with van der Waals surface area (Å²) >= 11 is 1.41. The molecular formula is C16H18N2O4S. The second-order valence-corrected chi connectivity index (χ2v) is 6.93. The fraction of sp³-hybridized carbons (Fsp3) is 0.438. The fourth-order valence-corrected chi connectivity index (χ4v) is 4.65. The minimum Gasteiger partial charge on any atom is -0.481 e. The van der Waals surface area contributed by atoms with Crippen LogP contribution >= 0.6 is 11.8 Å². The molecule has 0 bridgehead atoms. The van der Waals surface area contributed by atoms with Crippen LogP contribution in [0.25, 0.3) is 0 Å². The monoisotopic (exact) mass is 334 g/mol. The molecule has 1 atom stereocenters. The SMILES string of the molecule is CCN(CCC(=O)O)C(=O)C12CCC(=O)N1c1ccccc1S2. The number of carboxylic acid groups (broad SMARTS) is 1. The Bertz CT molecular complexity index is 678. The van der Waals surface area contributed by atoms with Crippen LogP contribution in [0.5, 0.6) is 0 Å². The van der Waals surface area contributed by atoms with Gasteiger partial charge in [0, 0.05) is 24.4 Å². The number of thioether (sulfide) groups is 1. The van der Waals surface area contributed by atoms with E-state index in [0.717, 1.165) is 10.6 Å². The predicted molar refractivity (Wildman–Crippen MR) is 86.3 cm³/mol. The van der Waals surface area contributed by atoms with Gasteiger partial charge in [-0.15, -0.1) is 0 Å². The molecule has 2 amide bonds. The number of hydrogen-bond donors (Lipinski definition) is 1. The zero-order chi connectivity index (χ0) is 16.6. The molecule has 0 aliphatic carbocycles. The molecule has 1 aromatic rings. The first kappa shape index (κ1) is 15.9. The van der Waals surface area contributed by atoms with Crippen molar-refractivity contribution in [2.45, 2.75) is 36.0 Å². The lowest BCUT2D eigenvalue weighted by Gasteiger charge is -2.34. The molecule has 23 heavy (non-hydrogen) atoms. The molecule has 0 aromatic heterocycles. The molecule has 1 unspecified atom stereocenters. The van der Waals surface area contributed by atoms with E-state index in [9.17, 15) is 14.4 Å². The van der Waals surface area contributed by atoms with Gasteiger partial charge in [-0.25, -0.2) is 0 Å². The Labute approximate surface area is 138 Å². The molecule has 2 heterocycles. The largest absolute Gasteiger partial charge is 0.481 e. The number of carbonyl (C=O) groups is 3. The molecule has 1 fully saturated rings. The summed E-state index contributed by atoms with van der Waals surface area (Å²) in [6.45, 7) is 2.41. The average molecular weight is 334 g/mol. The Morgan fingerprint density at radius 1 is 1.39 bits per heavy atom. The van der Waals surface area contributed by atoms with Crippen molar-refractivity contribution in [2.24, 2.45) is 0 Å². The standard InChI is InChI=1S/C16H18N2O4S/c1-2-17(10-8-14(20)21)15(22)16-9-7-13(19)18(16)11-5-3-4-6-12(11)23-16/h3-6H,2,7-10H2,1H3,(H,20,21). The third-order valence-corrected chi connectivity index (χ3v) is 5.74. The Morgan fingerprint density at radius 2 is 2.13 bits per heavy atom. The normalized spacial score (nSPS) is 22.0. The van der Waals surface area contributed by atoms with Gasteiger partial charge in [-0.1, -0.05) is 23.9 Å². The molecule has 7 heteroatoms. The van der Waals surface area contributed by atoms with Gasteiger partial charge in [0.05, 0.1) is 12.1 Å². The second-order valence-electron chi connectivity index (χ2n) is 5.61. The summed E-state index contributed by atoms with van der Waals surface area (Å²) in [5.41, 5.74) is 0.780. The number of carbonyl (C=O) groups excluding carboxylic acids is 2. The zero-order valence-corrected chi connectivity index (χ0v) is 13.6. The molecule has 2 aliphatic heterocycles. The maximum absolute atomic E-state index is 13.1. The van der Waals surface area contributed by atoms with Crippen LogP contribution in [0, 0.1) is 0 Å². The van der Waals surface area contributed by atoms with Crippen LogP contribution in [0.15, 0.2) is 29.2 Å². The maximum Gasteiger partial charge on any atom is 0.305 e. The van der Waals surface area contributed by atoms with E-state index in [0.29, 0.717) is 19.4 Å². The van der Waals surface area contributed by atoms with Crippen LogP contribution in [0.3, 0.4) is 0 Å². The van der Waals surface area contributed by atoms with Crippen molar-refractivity contribution in [3.8, 4) is 0 Å². The highest BCUT2D eigenvalue weighted by Crippen LogP contribution is 2.56. The van der Waals surface area contributed by atoms with Gasteiger partial charge in [0.15, 0.2) is 4.87 Å². The predicted octanol–water partition coefficient (Wildman–Crippen LogP) is 1.94. The zero-order valence-electron chi connectivity index (χ0n) is 12.8. The van der Waals surface area contributed by atoms with Gasteiger partial charge in [0.1, 0.15) is 0 Å². The molecule has 6 nitrogen and oxygen atoms in total. The molecule has 0 saturated carbocycles. The van der Waals surface area contributed by atoms with Gasteiger partial charge in [0.25, 0.3) is 5.91 Å². The number of aliphatic carboxylic acids is 1. The minimum atomic E-state index is -0.949. The molecule has 122 valence electrons. The number of para-hydroxylation sites is 1. The summed E-state index contributed by atoms with van der Waals surface area (Å²) in [6, 6.07) is 7.51. The molecule has 1 aromatic carbocycles. The van der Waals surface area contributed by atoms with Crippen molar-refractivity contribution in [3.05, 3.63) is 24.3 Å². The third kappa shape index (κ3) is 2.49. The summed E-state index contributed by atoms with van der Waals surface area (Å²) < 4.78 is 0. The highest BCUT2D eigenvalue weighted by atomic mass is 32.2. The molecular weight excluding hydrogens is 316 g/mol. The van der Waals surface area contributed by atoms with E-state index in [4.69, 9.17) is 5.11 Å². The van der Waals surface area contributed by atoms with Crippen LogP contribution in [0.2, 0.25) is 0 Å². The molecule has 0 radical (unpaired) electrons. The van der Waals surface area contributed by atoms with E-state index in [1.54, 1.807) is 9.80 Å². The van der Waals surface area contributed by atoms with Gasteiger partial charge in [-0.3, -0.25) is 19.3 Å². The quantitative estimate of drug-likeness (QED) is 0.890. The molecule has 0 spiro atoms. The summed E-state index contributed by atoms with van der Waals surface area (Å²) in [7, 11) is 0. The van der Waals surface area contributed by atoms with Gasteiger partial charge >= 0.3 is 5.97 Å². The van der Waals surface area contributed by atoms with E-state index >= 15 is 0 Å². The second kappa shape index (κ2) is 5.88. The first-order valence-electron chi connectivity index (χ1n) is 7.62. The number of anilines is 1. The Balaban J connectivity index is 1.93. The van der Waals surface area contributed by atoms with Crippen molar-refractivity contribution < 1.29 is 19.5 Å². The lowest BCUT2D eigenvalue weighted by Crippen LogP contribution is -2.54. The lowest BCUT2D eigenvalue weighted by atomic mass is 10.1. The number of nitrogens with zero attached hydrogens (tertiary/aromatic N) is 2. The number of likely N-dealkylation sites (N-methyl/N-ethyl adjacent to an activating group) is 1. The van der Waals surface area contributed by atoms with E-state index in [1.165, 1.54) is 11.8 Å². The van der Waals surface area contributed by atoms with Crippen molar-refractivity contribution in [2.75, 3.05) is 18.0 Å². The summed E-state index contributed by atoms with van der Waals surface area (Å²) in [6.07, 6.45) is 0.693. The summed E-state index contributed by atoms with van der Waals surface area (Å²) in [4.78, 5) is 39.4. The highest BCUT2D eigenvalue weighted by Gasteiger charge is 2.58. The molecule has 1 saturated heterocycles. The Morgan fingerprint density at radius 3 is 2.83 bits per heavy atom. The van der Waals surface area contributed by atoms with Gasteiger partial charge in [-0.05, 0) is 25.5 Å². The van der Waals surface area contributed by atoms with Crippen LogP contribution in [0.1, 0.15) is 26.2 Å². The van der Waals surface area contributed by atoms with Gasteiger partial charge in [-0.2, -0.15) is 0 Å². The third-order valence-electron chi connectivity index (χ3n) is 4.27. The average Bonchev–Trinajstić information content (AvgIpc) is 3.03. The maximum atomic E-state index is 13.1. The number of amides is 2. The number of benzene rings is 1. The van der Waals surface area contributed by atoms with E-state index in [1.807, 2.05) is 31.2 Å². The number of carboxylic acids is 1. The van der Waals surface area contributed by atoms with Crippen molar-refractivity contribution >= 4 is 35.2 Å². The first-order valence-corrected chi connectivity index (χ1v) is 8.43. The first-order chi connectivity index (χ1) is 11.0. The summed E-state index contributed by atoms with van der Waals surface area (Å²) in [5.74, 6) is -1.16. The van der Waals surface area contributed by atoms with Crippen molar-refractivity contribution in [1.29, 1.82) is 0 Å². The van der Waals surface area contributed by atoms with Crippen LogP contribution in [0.4, 0.5) is 5.69 Å². The van der Waals surface area contributed by atoms with E-state index in [2.05, 4.69) is 0 Å². The molecule has 3 rings (SSSR count). The van der Waals surface area contributed by atoms with Gasteiger partial charge in [0.2, 0.25) is 5.91 Å².